The maximum atomic E-state index is 2.41. The molecule has 0 amide bonds. The highest BCUT2D eigenvalue weighted by Crippen LogP contribution is 2.26. The summed E-state index contributed by atoms with van der Waals surface area (Å²) in [6.45, 7) is 4.83. The Morgan fingerprint density at radius 3 is 1.50 bits per heavy atom. The lowest BCUT2D eigenvalue weighted by Crippen LogP contribution is -2.09. The third-order valence-electron chi connectivity index (χ3n) is 3.04. The van der Waals surface area contributed by atoms with E-state index >= 15 is 0 Å². The first-order valence-corrected chi connectivity index (χ1v) is 4.80. The first kappa shape index (κ1) is 8.10. The first-order valence-electron chi connectivity index (χ1n) is 4.80. The molecule has 0 radical (unpaired) electrons. The molecule has 0 aromatic rings. The van der Waals surface area contributed by atoms with Crippen molar-refractivity contribution in [2.75, 3.05) is 0 Å². The summed E-state index contributed by atoms with van der Waals surface area (Å²) < 4.78 is 0. The van der Waals surface area contributed by atoms with Crippen LogP contribution in [0, 0.1) is 11.8 Å². The smallest absolute Gasteiger partial charge is 0.0417 e. The number of hydrogen-bond donors (Lipinski definition) is 0. The lowest BCUT2D eigenvalue weighted by molar-refractivity contribution is 0.301. The minimum Gasteiger partial charge on any atom is -0.0623 e. The van der Waals surface area contributed by atoms with Crippen molar-refractivity contribution in [2.45, 2.75) is 52.4 Å². The highest BCUT2D eigenvalue weighted by Gasteiger charge is 2.13. The molecule has 1 rings (SSSR count). The predicted molar refractivity (Wildman–Crippen MR) is 46.0 cm³/mol. The van der Waals surface area contributed by atoms with Gasteiger partial charge in [-0.3, -0.25) is 0 Å². The Kier molecular flexibility index (Phi) is 3.24. The van der Waals surface area contributed by atoms with E-state index in [2.05, 4.69) is 13.8 Å². The lowest BCUT2D eigenvalue weighted by atomic mass is 9.84. The van der Waals surface area contributed by atoms with Gasteiger partial charge in [0.05, 0.1) is 0 Å². The summed E-state index contributed by atoms with van der Waals surface area (Å²) >= 11 is 0. The van der Waals surface area contributed by atoms with E-state index < -0.39 is 0 Å². The Morgan fingerprint density at radius 1 is 0.700 bits per heavy atom. The summed E-state index contributed by atoms with van der Waals surface area (Å²) in [5, 5.41) is 0. The molecule has 0 N–H and O–H groups in total. The fourth-order valence-corrected chi connectivity index (χ4v) is 1.86. The van der Waals surface area contributed by atoms with Crippen LogP contribution in [0.2, 0.25) is 0 Å². The molecule has 2 atom stereocenters. The third-order valence-corrected chi connectivity index (χ3v) is 3.04. The lowest BCUT2D eigenvalue weighted by Gasteiger charge is -2.22. The van der Waals surface area contributed by atoms with Crippen molar-refractivity contribution in [3.8, 4) is 0 Å². The molecule has 1 saturated carbocycles. The van der Waals surface area contributed by atoms with Gasteiger partial charge in [0, 0.05) is 0 Å². The van der Waals surface area contributed by atoms with Crippen LogP contribution >= 0.6 is 0 Å². The second-order valence-electron chi connectivity index (χ2n) is 3.95. The van der Waals surface area contributed by atoms with Crippen molar-refractivity contribution in [3.63, 3.8) is 0 Å². The van der Waals surface area contributed by atoms with Crippen LogP contribution in [-0.4, -0.2) is 0 Å². The van der Waals surface area contributed by atoms with Crippen molar-refractivity contribution >= 4 is 0 Å². The Balaban J connectivity index is 2.28. The Hall–Kier alpha value is 0. The molecule has 0 nitrogen and oxygen atoms in total. The molecule has 0 saturated heterocycles. The van der Waals surface area contributed by atoms with Crippen LogP contribution < -0.4 is 0 Å². The zero-order valence-electron chi connectivity index (χ0n) is 7.40. The highest BCUT2D eigenvalue weighted by molar-refractivity contribution is 4.65. The van der Waals surface area contributed by atoms with E-state index in [-0.39, 0.29) is 0 Å². The van der Waals surface area contributed by atoms with Crippen molar-refractivity contribution in [1.29, 1.82) is 0 Å². The highest BCUT2D eigenvalue weighted by atomic mass is 14.2. The standard InChI is InChI=1S/C10H20/c1-9-7-5-3-4-6-8-10(9)2/h9-10H,3-8H2,1-2H3. The quantitative estimate of drug-likeness (QED) is 0.482. The molecule has 2 unspecified atom stereocenters. The molecule has 1 aliphatic carbocycles. The van der Waals surface area contributed by atoms with E-state index in [0.717, 1.165) is 11.8 Å². The van der Waals surface area contributed by atoms with Crippen molar-refractivity contribution < 1.29 is 0 Å². The van der Waals surface area contributed by atoms with Crippen LogP contribution in [0.5, 0.6) is 0 Å². The topological polar surface area (TPSA) is 0 Å². The fraction of sp³-hybridized carbons (Fsp3) is 1.00. The van der Waals surface area contributed by atoms with Gasteiger partial charge in [0.25, 0.3) is 0 Å². The van der Waals surface area contributed by atoms with Gasteiger partial charge in [-0.1, -0.05) is 52.4 Å². The summed E-state index contributed by atoms with van der Waals surface area (Å²) in [6.07, 6.45) is 8.87. The van der Waals surface area contributed by atoms with Crippen LogP contribution in [0.15, 0.2) is 0 Å². The zero-order chi connectivity index (χ0) is 7.40. The SMILES string of the molecule is CC1CCCCCCC1C. The van der Waals surface area contributed by atoms with E-state index in [1.54, 1.807) is 0 Å². The molecule has 10 heavy (non-hydrogen) atoms. The molecular weight excluding hydrogens is 120 g/mol. The van der Waals surface area contributed by atoms with Crippen molar-refractivity contribution in [1.82, 2.24) is 0 Å². The second kappa shape index (κ2) is 4.00. The van der Waals surface area contributed by atoms with E-state index in [4.69, 9.17) is 0 Å². The summed E-state index contributed by atoms with van der Waals surface area (Å²) in [7, 11) is 0. The Labute approximate surface area is 65.0 Å². The molecule has 0 spiro atoms. The van der Waals surface area contributed by atoms with Crippen LogP contribution in [0.1, 0.15) is 52.4 Å². The fourth-order valence-electron chi connectivity index (χ4n) is 1.86. The average molecular weight is 140 g/mol. The summed E-state index contributed by atoms with van der Waals surface area (Å²) in [5.41, 5.74) is 0. The molecule has 1 fully saturated rings. The summed E-state index contributed by atoms with van der Waals surface area (Å²) in [4.78, 5) is 0. The van der Waals surface area contributed by atoms with E-state index in [1.165, 1.54) is 38.5 Å². The van der Waals surface area contributed by atoms with E-state index in [1.807, 2.05) is 0 Å². The molecule has 1 aliphatic rings. The van der Waals surface area contributed by atoms with E-state index in [0.29, 0.717) is 0 Å². The van der Waals surface area contributed by atoms with E-state index in [9.17, 15) is 0 Å². The van der Waals surface area contributed by atoms with Gasteiger partial charge in [-0.25, -0.2) is 0 Å². The maximum absolute atomic E-state index is 2.41. The van der Waals surface area contributed by atoms with Gasteiger partial charge in [0.15, 0.2) is 0 Å². The molecule has 0 aromatic heterocycles. The summed E-state index contributed by atoms with van der Waals surface area (Å²) in [5.74, 6) is 1.97. The normalized spacial score (nSPS) is 36.6. The summed E-state index contributed by atoms with van der Waals surface area (Å²) in [6, 6.07) is 0. The maximum Gasteiger partial charge on any atom is -0.0417 e. The Morgan fingerprint density at radius 2 is 1.10 bits per heavy atom. The van der Waals surface area contributed by atoms with Crippen LogP contribution in [0.3, 0.4) is 0 Å². The van der Waals surface area contributed by atoms with Gasteiger partial charge in [0.1, 0.15) is 0 Å². The van der Waals surface area contributed by atoms with Crippen molar-refractivity contribution in [2.24, 2.45) is 11.8 Å². The van der Waals surface area contributed by atoms with Gasteiger partial charge in [-0.05, 0) is 11.8 Å². The minimum absolute atomic E-state index is 0.986. The average Bonchev–Trinajstić information content (AvgIpc) is 1.92. The zero-order valence-corrected chi connectivity index (χ0v) is 7.40. The molecule has 0 aliphatic heterocycles. The second-order valence-corrected chi connectivity index (χ2v) is 3.95. The van der Waals surface area contributed by atoms with Gasteiger partial charge in [-0.15, -0.1) is 0 Å². The van der Waals surface area contributed by atoms with Crippen LogP contribution in [-0.2, 0) is 0 Å². The van der Waals surface area contributed by atoms with Gasteiger partial charge in [0.2, 0.25) is 0 Å². The molecule has 0 bridgehead atoms. The van der Waals surface area contributed by atoms with Crippen LogP contribution in [0.4, 0.5) is 0 Å². The van der Waals surface area contributed by atoms with Crippen molar-refractivity contribution in [3.05, 3.63) is 0 Å². The molecule has 0 aromatic carbocycles. The van der Waals surface area contributed by atoms with Crippen LogP contribution in [0.25, 0.3) is 0 Å². The molecule has 0 heteroatoms. The monoisotopic (exact) mass is 140 g/mol. The predicted octanol–water partition coefficient (Wildman–Crippen LogP) is 3.61. The van der Waals surface area contributed by atoms with Gasteiger partial charge < -0.3 is 0 Å². The number of hydrogen-bond acceptors (Lipinski definition) is 0. The van der Waals surface area contributed by atoms with Gasteiger partial charge in [-0.2, -0.15) is 0 Å². The Bertz CT molecular complexity index is 74.0. The molecule has 60 valence electrons. The minimum atomic E-state index is 0.986. The van der Waals surface area contributed by atoms with Gasteiger partial charge >= 0.3 is 0 Å². The first-order chi connectivity index (χ1) is 4.80. The number of rotatable bonds is 0. The molecule has 0 heterocycles. The largest absolute Gasteiger partial charge is 0.0623 e. The third kappa shape index (κ3) is 2.32. The molecular formula is C10H20.